The van der Waals surface area contributed by atoms with E-state index in [1.165, 1.54) is 0 Å². The molecule has 4 rings (SSSR count). The number of carbonyl (C=O) groups excluding carboxylic acids is 1. The van der Waals surface area contributed by atoms with Gasteiger partial charge in [0.25, 0.3) is 0 Å². The Morgan fingerprint density at radius 1 is 1.26 bits per heavy atom. The molecule has 0 bridgehead atoms. The van der Waals surface area contributed by atoms with Crippen LogP contribution in [0.3, 0.4) is 0 Å². The SMILES string of the molecule is Cn1ccnc1CN1CCC2C1CC(=O)N2Cc1cccnc1. The number of likely N-dealkylation sites (tertiary alicyclic amines) is 2. The third kappa shape index (κ3) is 2.63. The van der Waals surface area contributed by atoms with Crippen LogP contribution in [0.1, 0.15) is 24.2 Å². The number of pyridine rings is 1. The number of aryl methyl sites for hydroxylation is 1. The number of rotatable bonds is 4. The number of hydrogen-bond donors (Lipinski definition) is 0. The Hall–Kier alpha value is -2.21. The van der Waals surface area contributed by atoms with Crippen LogP contribution in [0, 0.1) is 0 Å². The first kappa shape index (κ1) is 14.4. The molecule has 0 aliphatic carbocycles. The van der Waals surface area contributed by atoms with Gasteiger partial charge in [-0.2, -0.15) is 0 Å². The van der Waals surface area contributed by atoms with Crippen molar-refractivity contribution >= 4 is 5.91 Å². The van der Waals surface area contributed by atoms with Crippen molar-refractivity contribution in [2.45, 2.75) is 38.0 Å². The molecule has 2 aromatic heterocycles. The monoisotopic (exact) mass is 311 g/mol. The Morgan fingerprint density at radius 3 is 2.91 bits per heavy atom. The highest BCUT2D eigenvalue weighted by atomic mass is 16.2. The van der Waals surface area contributed by atoms with Gasteiger partial charge in [0.2, 0.25) is 5.91 Å². The first-order chi connectivity index (χ1) is 11.2. The molecule has 0 saturated carbocycles. The Kier molecular flexibility index (Phi) is 3.61. The van der Waals surface area contributed by atoms with Gasteiger partial charge < -0.3 is 9.47 Å². The van der Waals surface area contributed by atoms with Crippen molar-refractivity contribution < 1.29 is 4.79 Å². The van der Waals surface area contributed by atoms with E-state index in [0.717, 1.165) is 30.9 Å². The molecule has 2 aliphatic heterocycles. The Balaban J connectivity index is 1.48. The molecule has 0 aromatic carbocycles. The van der Waals surface area contributed by atoms with Gasteiger partial charge in [-0.1, -0.05) is 6.07 Å². The third-order valence-corrected chi connectivity index (χ3v) is 5.07. The molecular formula is C17H21N5O. The van der Waals surface area contributed by atoms with E-state index in [-0.39, 0.29) is 5.91 Å². The quantitative estimate of drug-likeness (QED) is 0.851. The van der Waals surface area contributed by atoms with Gasteiger partial charge in [-0.3, -0.25) is 14.7 Å². The van der Waals surface area contributed by atoms with Crippen molar-refractivity contribution in [1.82, 2.24) is 24.3 Å². The van der Waals surface area contributed by atoms with Crippen LogP contribution in [0.5, 0.6) is 0 Å². The van der Waals surface area contributed by atoms with Crippen LogP contribution in [-0.4, -0.2) is 48.9 Å². The summed E-state index contributed by atoms with van der Waals surface area (Å²) in [5.41, 5.74) is 1.10. The number of carbonyl (C=O) groups is 1. The minimum Gasteiger partial charge on any atom is -0.337 e. The smallest absolute Gasteiger partial charge is 0.224 e. The van der Waals surface area contributed by atoms with E-state index in [4.69, 9.17) is 0 Å². The van der Waals surface area contributed by atoms with Crippen LogP contribution in [-0.2, 0) is 24.9 Å². The van der Waals surface area contributed by atoms with Crippen LogP contribution in [0.15, 0.2) is 36.9 Å². The number of aromatic nitrogens is 3. The Morgan fingerprint density at radius 2 is 2.17 bits per heavy atom. The molecule has 0 radical (unpaired) electrons. The Bertz CT molecular complexity index is 698. The molecule has 1 amide bonds. The molecule has 0 spiro atoms. The van der Waals surface area contributed by atoms with E-state index >= 15 is 0 Å². The zero-order chi connectivity index (χ0) is 15.8. The molecule has 6 heteroatoms. The van der Waals surface area contributed by atoms with E-state index in [9.17, 15) is 4.79 Å². The second-order valence-corrected chi connectivity index (χ2v) is 6.44. The summed E-state index contributed by atoms with van der Waals surface area (Å²) in [6.45, 7) is 2.52. The van der Waals surface area contributed by atoms with Gasteiger partial charge in [0.05, 0.1) is 6.54 Å². The summed E-state index contributed by atoms with van der Waals surface area (Å²) in [7, 11) is 2.02. The largest absolute Gasteiger partial charge is 0.337 e. The summed E-state index contributed by atoms with van der Waals surface area (Å²) < 4.78 is 2.05. The van der Waals surface area contributed by atoms with Crippen LogP contribution in [0.4, 0.5) is 0 Å². The van der Waals surface area contributed by atoms with E-state index < -0.39 is 0 Å². The standard InChI is InChI=1S/C17H21N5O/c1-20-8-6-19-16(20)12-21-7-4-14-15(21)9-17(23)22(14)11-13-3-2-5-18-10-13/h2-3,5-6,8,10,14-15H,4,7,9,11-12H2,1H3. The maximum atomic E-state index is 12.5. The van der Waals surface area contributed by atoms with Gasteiger partial charge in [0.1, 0.15) is 5.82 Å². The lowest BCUT2D eigenvalue weighted by Gasteiger charge is -2.25. The maximum Gasteiger partial charge on any atom is 0.224 e. The van der Waals surface area contributed by atoms with Crippen LogP contribution in [0.2, 0.25) is 0 Å². The number of imidazole rings is 1. The zero-order valence-electron chi connectivity index (χ0n) is 13.3. The van der Waals surface area contributed by atoms with Crippen LogP contribution in [0.25, 0.3) is 0 Å². The molecule has 2 aliphatic rings. The van der Waals surface area contributed by atoms with Crippen molar-refractivity contribution in [2.24, 2.45) is 7.05 Å². The van der Waals surface area contributed by atoms with Crippen LogP contribution >= 0.6 is 0 Å². The molecule has 4 heterocycles. The minimum atomic E-state index is 0.258. The maximum absolute atomic E-state index is 12.5. The number of nitrogens with zero attached hydrogens (tertiary/aromatic N) is 5. The summed E-state index contributed by atoms with van der Waals surface area (Å²) in [4.78, 5) is 25.5. The fourth-order valence-electron chi connectivity index (χ4n) is 3.83. The van der Waals surface area contributed by atoms with Crippen molar-refractivity contribution in [3.63, 3.8) is 0 Å². The lowest BCUT2D eigenvalue weighted by Crippen LogP contribution is -2.37. The van der Waals surface area contributed by atoms with Gasteiger partial charge in [-0.15, -0.1) is 0 Å². The first-order valence-corrected chi connectivity index (χ1v) is 8.11. The average Bonchev–Trinajstić information content (AvgIpc) is 3.21. The van der Waals surface area contributed by atoms with Crippen molar-refractivity contribution in [1.29, 1.82) is 0 Å². The number of amides is 1. The summed E-state index contributed by atoms with van der Waals surface area (Å²) in [6.07, 6.45) is 9.08. The lowest BCUT2D eigenvalue weighted by molar-refractivity contribution is -0.129. The molecule has 2 unspecified atom stereocenters. The Labute approximate surface area is 135 Å². The predicted molar refractivity (Wildman–Crippen MR) is 85.2 cm³/mol. The molecular weight excluding hydrogens is 290 g/mol. The van der Waals surface area contributed by atoms with Gasteiger partial charge >= 0.3 is 0 Å². The van der Waals surface area contributed by atoms with Gasteiger partial charge in [-0.25, -0.2) is 4.98 Å². The van der Waals surface area contributed by atoms with E-state index in [1.807, 2.05) is 42.7 Å². The fraction of sp³-hybridized carbons (Fsp3) is 0.471. The van der Waals surface area contributed by atoms with E-state index in [1.54, 1.807) is 6.20 Å². The number of hydrogen-bond acceptors (Lipinski definition) is 4. The second kappa shape index (κ2) is 5.77. The molecule has 23 heavy (non-hydrogen) atoms. The zero-order valence-corrected chi connectivity index (χ0v) is 13.3. The predicted octanol–water partition coefficient (Wildman–Crippen LogP) is 1.19. The van der Waals surface area contributed by atoms with Crippen molar-refractivity contribution in [3.05, 3.63) is 48.3 Å². The molecule has 2 atom stereocenters. The third-order valence-electron chi connectivity index (χ3n) is 5.07. The second-order valence-electron chi connectivity index (χ2n) is 6.44. The molecule has 2 aromatic rings. The summed E-state index contributed by atoms with van der Waals surface area (Å²) in [5, 5.41) is 0. The van der Waals surface area contributed by atoms with E-state index in [2.05, 4.69) is 19.4 Å². The van der Waals surface area contributed by atoms with Crippen molar-refractivity contribution in [3.8, 4) is 0 Å². The highest BCUT2D eigenvalue weighted by Crippen LogP contribution is 2.34. The van der Waals surface area contributed by atoms with Crippen molar-refractivity contribution in [2.75, 3.05) is 6.54 Å². The van der Waals surface area contributed by atoms with Crippen LogP contribution < -0.4 is 0 Å². The van der Waals surface area contributed by atoms with Gasteiger partial charge in [-0.05, 0) is 18.1 Å². The number of fused-ring (bicyclic) bond motifs is 1. The lowest BCUT2D eigenvalue weighted by atomic mass is 10.1. The van der Waals surface area contributed by atoms with Gasteiger partial charge in [0.15, 0.2) is 0 Å². The van der Waals surface area contributed by atoms with Gasteiger partial charge in [0, 0.05) is 63.4 Å². The summed E-state index contributed by atoms with van der Waals surface area (Å²) >= 11 is 0. The molecule has 0 N–H and O–H groups in total. The molecule has 2 fully saturated rings. The summed E-state index contributed by atoms with van der Waals surface area (Å²) in [6, 6.07) is 4.60. The highest BCUT2D eigenvalue weighted by Gasteiger charge is 2.46. The molecule has 120 valence electrons. The first-order valence-electron chi connectivity index (χ1n) is 8.11. The average molecular weight is 311 g/mol. The molecule has 6 nitrogen and oxygen atoms in total. The van der Waals surface area contributed by atoms with E-state index in [0.29, 0.717) is 25.0 Å². The fourth-order valence-corrected chi connectivity index (χ4v) is 3.83. The highest BCUT2D eigenvalue weighted by molar-refractivity contribution is 5.80. The molecule has 2 saturated heterocycles. The summed E-state index contributed by atoms with van der Waals surface area (Å²) in [5.74, 6) is 1.32. The normalized spacial score (nSPS) is 24.4. The topological polar surface area (TPSA) is 54.3 Å². The minimum absolute atomic E-state index is 0.258.